The lowest BCUT2D eigenvalue weighted by Gasteiger charge is -2.26. The van der Waals surface area contributed by atoms with Crippen LogP contribution in [0.25, 0.3) is 0 Å². The molecule has 3 heteroatoms. The van der Waals surface area contributed by atoms with Gasteiger partial charge in [-0.05, 0) is 20.3 Å². The summed E-state index contributed by atoms with van der Waals surface area (Å²) in [4.78, 5) is 0. The van der Waals surface area contributed by atoms with Crippen molar-refractivity contribution in [3.05, 3.63) is 5.21 Å². The second-order valence-electron chi connectivity index (χ2n) is 2.46. The highest BCUT2D eigenvalue weighted by molar-refractivity contribution is 4.71. The van der Waals surface area contributed by atoms with E-state index < -0.39 is 0 Å². The summed E-state index contributed by atoms with van der Waals surface area (Å²) >= 11 is 0. The molecule has 0 aromatic rings. The largest absolute Gasteiger partial charge is 0.774 e. The first kappa shape index (κ1) is 7.88. The molecule has 0 amide bonds. The summed E-state index contributed by atoms with van der Waals surface area (Å²) in [6.45, 7) is 5.93. The van der Waals surface area contributed by atoms with Gasteiger partial charge in [0.1, 0.15) is 0 Å². The van der Waals surface area contributed by atoms with Crippen molar-refractivity contribution in [3.8, 4) is 0 Å². The van der Waals surface area contributed by atoms with E-state index in [0.29, 0.717) is 0 Å². The zero-order valence-electron chi connectivity index (χ0n) is 5.62. The molecule has 0 atom stereocenters. The van der Waals surface area contributed by atoms with Crippen molar-refractivity contribution in [2.24, 2.45) is 0 Å². The topological polar surface area (TPSA) is 47.1 Å². The molecule has 0 aliphatic carbocycles. The molecule has 0 fully saturated rings. The first-order valence-corrected chi connectivity index (χ1v) is 2.76. The van der Waals surface area contributed by atoms with Gasteiger partial charge in [0.2, 0.25) is 0 Å². The molecule has 0 radical (unpaired) electrons. The SMILES string of the molecule is CCC(C)(C)NN[O-]. The molecule has 0 aliphatic heterocycles. The number of hydrazine groups is 1. The predicted molar refractivity (Wildman–Crippen MR) is 34.0 cm³/mol. The van der Waals surface area contributed by atoms with Gasteiger partial charge in [0.15, 0.2) is 0 Å². The number of hydrogen-bond acceptors (Lipinski definition) is 3. The van der Waals surface area contributed by atoms with Crippen LogP contribution in [-0.2, 0) is 0 Å². The maximum Gasteiger partial charge on any atom is 0.0255 e. The van der Waals surface area contributed by atoms with Gasteiger partial charge in [-0.1, -0.05) is 6.92 Å². The van der Waals surface area contributed by atoms with Crippen molar-refractivity contribution in [2.45, 2.75) is 32.7 Å². The Balaban J connectivity index is 3.37. The van der Waals surface area contributed by atoms with Crippen molar-refractivity contribution in [3.63, 3.8) is 0 Å². The van der Waals surface area contributed by atoms with E-state index in [1.165, 1.54) is 0 Å². The molecule has 50 valence electrons. The fraction of sp³-hybridized carbons (Fsp3) is 1.00. The van der Waals surface area contributed by atoms with Crippen molar-refractivity contribution < 1.29 is 0 Å². The molecule has 0 saturated carbocycles. The van der Waals surface area contributed by atoms with Crippen molar-refractivity contribution >= 4 is 0 Å². The van der Waals surface area contributed by atoms with E-state index in [2.05, 4.69) is 5.43 Å². The third-order valence-corrected chi connectivity index (χ3v) is 1.27. The summed E-state index contributed by atoms with van der Waals surface area (Å²) < 4.78 is 0. The average molecular weight is 117 g/mol. The maximum atomic E-state index is 9.74. The van der Waals surface area contributed by atoms with Crippen molar-refractivity contribution in [1.82, 2.24) is 11.0 Å². The Morgan fingerprint density at radius 1 is 1.50 bits per heavy atom. The average Bonchev–Trinajstić information content (AvgIpc) is 1.67. The van der Waals surface area contributed by atoms with Crippen LogP contribution in [0.5, 0.6) is 0 Å². The van der Waals surface area contributed by atoms with Crippen LogP contribution in [0.2, 0.25) is 0 Å². The molecule has 0 unspecified atom stereocenters. The normalized spacial score (nSPS) is 12.0. The minimum absolute atomic E-state index is 0.0816. The Morgan fingerprint density at radius 3 is 2.12 bits per heavy atom. The second kappa shape index (κ2) is 3.02. The van der Waals surface area contributed by atoms with Crippen LogP contribution in [0, 0.1) is 5.21 Å². The van der Waals surface area contributed by atoms with Gasteiger partial charge >= 0.3 is 0 Å². The molecule has 8 heavy (non-hydrogen) atoms. The molecule has 3 nitrogen and oxygen atoms in total. The summed E-state index contributed by atoms with van der Waals surface area (Å²) in [6.07, 6.45) is 0.933. The Labute approximate surface area is 50.0 Å². The molecule has 0 rings (SSSR count). The lowest BCUT2D eigenvalue weighted by atomic mass is 10.0. The maximum absolute atomic E-state index is 9.74. The lowest BCUT2D eigenvalue weighted by molar-refractivity contribution is 0.349. The monoisotopic (exact) mass is 117 g/mol. The third kappa shape index (κ3) is 2.96. The van der Waals surface area contributed by atoms with Gasteiger partial charge in [0.05, 0.1) is 0 Å². The van der Waals surface area contributed by atoms with Crippen LogP contribution >= 0.6 is 0 Å². The fourth-order valence-corrected chi connectivity index (χ4v) is 0.227. The first-order valence-electron chi connectivity index (χ1n) is 2.76. The zero-order valence-corrected chi connectivity index (χ0v) is 5.62. The van der Waals surface area contributed by atoms with Crippen LogP contribution < -0.4 is 11.0 Å². The van der Waals surface area contributed by atoms with E-state index >= 15 is 0 Å². The van der Waals surface area contributed by atoms with Gasteiger partial charge in [0, 0.05) is 5.54 Å². The minimum atomic E-state index is -0.0816. The summed E-state index contributed by atoms with van der Waals surface area (Å²) in [5, 5.41) is 9.74. The first-order chi connectivity index (χ1) is 3.62. The Hall–Kier alpha value is -0.120. The van der Waals surface area contributed by atoms with Gasteiger partial charge < -0.3 is 10.8 Å². The summed E-state index contributed by atoms with van der Waals surface area (Å²) in [5.41, 5.74) is 4.14. The van der Waals surface area contributed by atoms with Crippen LogP contribution in [0.4, 0.5) is 0 Å². The van der Waals surface area contributed by atoms with E-state index in [1.54, 1.807) is 5.59 Å². The number of rotatable bonds is 3. The van der Waals surface area contributed by atoms with Gasteiger partial charge in [-0.2, -0.15) is 0 Å². The van der Waals surface area contributed by atoms with Crippen molar-refractivity contribution in [1.29, 1.82) is 0 Å². The molecule has 2 N–H and O–H groups in total. The molecular weight excluding hydrogens is 104 g/mol. The van der Waals surface area contributed by atoms with E-state index in [-0.39, 0.29) is 5.54 Å². The third-order valence-electron chi connectivity index (χ3n) is 1.27. The Bertz CT molecular complexity index is 63.4. The van der Waals surface area contributed by atoms with E-state index in [0.717, 1.165) is 6.42 Å². The molecule has 0 aromatic carbocycles. The van der Waals surface area contributed by atoms with Gasteiger partial charge in [-0.25, -0.2) is 0 Å². The number of hydrogen-bond donors (Lipinski definition) is 2. The Kier molecular flexibility index (Phi) is 2.97. The lowest BCUT2D eigenvalue weighted by Crippen LogP contribution is -2.44. The minimum Gasteiger partial charge on any atom is -0.774 e. The van der Waals surface area contributed by atoms with Gasteiger partial charge in [0.25, 0.3) is 0 Å². The van der Waals surface area contributed by atoms with Crippen LogP contribution in [0.1, 0.15) is 27.2 Å². The van der Waals surface area contributed by atoms with E-state index in [1.807, 2.05) is 20.8 Å². The summed E-state index contributed by atoms with van der Waals surface area (Å²) in [5.74, 6) is 0. The molecular formula is C5H13N2O-. The van der Waals surface area contributed by atoms with Crippen LogP contribution in [0.3, 0.4) is 0 Å². The van der Waals surface area contributed by atoms with Crippen LogP contribution in [-0.4, -0.2) is 5.54 Å². The standard InChI is InChI=1S/C5H13N2O/c1-4-5(2,3)6-7-8/h6-7H,4H2,1-3H3/q-1. The predicted octanol–water partition coefficient (Wildman–Crippen LogP) is 0.767. The Morgan fingerprint density at radius 2 is 2.00 bits per heavy atom. The van der Waals surface area contributed by atoms with Gasteiger partial charge in [-0.3, -0.25) is 5.43 Å². The highest BCUT2D eigenvalue weighted by Gasteiger charge is 2.10. The molecule has 0 bridgehead atoms. The quantitative estimate of drug-likeness (QED) is 0.537. The smallest absolute Gasteiger partial charge is 0.0255 e. The molecule has 0 aliphatic rings. The summed E-state index contributed by atoms with van der Waals surface area (Å²) in [6, 6.07) is 0. The second-order valence-corrected chi connectivity index (χ2v) is 2.46. The molecule has 0 heterocycles. The highest BCUT2D eigenvalue weighted by atomic mass is 16.5. The van der Waals surface area contributed by atoms with Gasteiger partial charge in [-0.15, -0.1) is 0 Å². The zero-order chi connectivity index (χ0) is 6.62. The van der Waals surface area contributed by atoms with Crippen LogP contribution in [0.15, 0.2) is 0 Å². The highest BCUT2D eigenvalue weighted by Crippen LogP contribution is 2.03. The fourth-order valence-electron chi connectivity index (χ4n) is 0.227. The van der Waals surface area contributed by atoms with E-state index in [9.17, 15) is 5.21 Å². The molecule has 0 saturated heterocycles. The summed E-state index contributed by atoms with van der Waals surface area (Å²) in [7, 11) is 0. The number of nitrogens with one attached hydrogen (secondary N) is 2. The molecule has 0 spiro atoms. The molecule has 0 aromatic heterocycles. The van der Waals surface area contributed by atoms with Crippen molar-refractivity contribution in [2.75, 3.05) is 0 Å². The van der Waals surface area contributed by atoms with E-state index in [4.69, 9.17) is 0 Å².